The van der Waals surface area contributed by atoms with Crippen molar-refractivity contribution in [2.45, 2.75) is 70.2 Å². The Hall–Kier alpha value is -1.76. The lowest BCUT2D eigenvalue weighted by molar-refractivity contribution is -0.143. The van der Waals surface area contributed by atoms with Crippen LogP contribution < -0.4 is 0 Å². The van der Waals surface area contributed by atoms with Crippen molar-refractivity contribution >= 4 is 17.9 Å². The number of fused-ring (bicyclic) bond motifs is 1. The van der Waals surface area contributed by atoms with Crippen LogP contribution in [0.2, 0.25) is 0 Å². The minimum absolute atomic E-state index is 0.0607. The normalized spacial score (nSPS) is 18.4. The highest BCUT2D eigenvalue weighted by molar-refractivity contribution is 7.97. The first kappa shape index (κ1) is 23.4. The molecular weight excluding hydrogens is 420 g/mol. The van der Waals surface area contributed by atoms with Crippen LogP contribution in [0.1, 0.15) is 61.7 Å². The van der Waals surface area contributed by atoms with Crippen LogP contribution in [0.4, 0.5) is 0 Å². The molecule has 0 atom stereocenters. The number of carbonyl (C=O) groups excluding carboxylic acids is 1. The van der Waals surface area contributed by atoms with Crippen LogP contribution in [0.3, 0.4) is 0 Å². The van der Waals surface area contributed by atoms with Crippen LogP contribution in [-0.2, 0) is 39.1 Å². The van der Waals surface area contributed by atoms with Crippen molar-refractivity contribution in [3.05, 3.63) is 52.3 Å². The second-order valence-electron chi connectivity index (χ2n) is 9.44. The molecule has 0 unspecified atom stereocenters. The van der Waals surface area contributed by atoms with E-state index in [-0.39, 0.29) is 11.4 Å². The van der Waals surface area contributed by atoms with Gasteiger partial charge in [-0.25, -0.2) is 4.31 Å². The first-order valence-corrected chi connectivity index (χ1v) is 12.6. The third kappa shape index (κ3) is 4.92. The Morgan fingerprint density at radius 2 is 1.97 bits per heavy atom. The number of hydrogen-bond donors (Lipinski definition) is 0. The van der Waals surface area contributed by atoms with Gasteiger partial charge in [0.1, 0.15) is 6.54 Å². The minimum atomic E-state index is -0.149. The third-order valence-corrected chi connectivity index (χ3v) is 7.98. The first-order chi connectivity index (χ1) is 15.4. The summed E-state index contributed by atoms with van der Waals surface area (Å²) in [6.45, 7) is 12.9. The van der Waals surface area contributed by atoms with Gasteiger partial charge in [0.25, 0.3) is 0 Å². The van der Waals surface area contributed by atoms with Gasteiger partial charge in [0.15, 0.2) is 0 Å². The number of carbonyl (C=O) groups is 1. The lowest BCUT2D eigenvalue weighted by Crippen LogP contribution is -2.31. The molecule has 4 rings (SSSR count). The summed E-state index contributed by atoms with van der Waals surface area (Å²) in [5.74, 6) is -0.149. The van der Waals surface area contributed by atoms with Gasteiger partial charge in [-0.2, -0.15) is 0 Å². The van der Waals surface area contributed by atoms with Crippen molar-refractivity contribution in [2.24, 2.45) is 0 Å². The maximum absolute atomic E-state index is 12.4. The van der Waals surface area contributed by atoms with Gasteiger partial charge in [-0.15, -0.1) is 0 Å². The van der Waals surface area contributed by atoms with Crippen LogP contribution in [0, 0.1) is 6.92 Å². The Morgan fingerprint density at radius 3 is 2.72 bits per heavy atom. The van der Waals surface area contributed by atoms with Crippen LogP contribution >= 0.6 is 11.9 Å². The van der Waals surface area contributed by atoms with E-state index < -0.39 is 0 Å². The van der Waals surface area contributed by atoms with Crippen molar-refractivity contribution in [1.29, 1.82) is 0 Å². The predicted octanol–water partition coefficient (Wildman–Crippen LogP) is 4.90. The highest BCUT2D eigenvalue weighted by Crippen LogP contribution is 2.42. The van der Waals surface area contributed by atoms with Crippen LogP contribution in [0.5, 0.6) is 0 Å². The molecule has 6 heteroatoms. The van der Waals surface area contributed by atoms with Crippen molar-refractivity contribution < 1.29 is 14.3 Å². The number of benzene rings is 1. The number of hydrogen-bond acceptors (Lipinski definition) is 5. The monoisotopic (exact) mass is 456 g/mol. The molecule has 1 saturated heterocycles. The fourth-order valence-corrected chi connectivity index (χ4v) is 6.20. The molecule has 0 saturated carbocycles. The van der Waals surface area contributed by atoms with Crippen LogP contribution in [0.15, 0.2) is 29.2 Å². The molecule has 0 radical (unpaired) electrons. The van der Waals surface area contributed by atoms with Gasteiger partial charge < -0.3 is 14.0 Å². The highest BCUT2D eigenvalue weighted by Gasteiger charge is 2.35. The molecule has 0 bridgehead atoms. The van der Waals surface area contributed by atoms with E-state index in [4.69, 9.17) is 9.47 Å². The average molecular weight is 457 g/mol. The number of ether oxygens (including phenoxy) is 2. The zero-order chi connectivity index (χ0) is 22.7. The molecule has 2 aromatic rings. The Morgan fingerprint density at radius 1 is 1.22 bits per heavy atom. The average Bonchev–Trinajstić information content (AvgIpc) is 3.03. The highest BCUT2D eigenvalue weighted by atomic mass is 32.2. The second-order valence-corrected chi connectivity index (χ2v) is 10.6. The summed E-state index contributed by atoms with van der Waals surface area (Å²) in [6, 6.07) is 8.76. The van der Waals surface area contributed by atoms with Gasteiger partial charge in [0.2, 0.25) is 0 Å². The largest absolute Gasteiger partial charge is 0.465 e. The Labute approximate surface area is 196 Å². The summed E-state index contributed by atoms with van der Waals surface area (Å²) >= 11 is 1.85. The summed E-state index contributed by atoms with van der Waals surface area (Å²) in [6.07, 6.45) is 4.33. The van der Waals surface area contributed by atoms with Crippen LogP contribution in [-0.4, -0.2) is 47.8 Å². The minimum Gasteiger partial charge on any atom is -0.465 e. The number of rotatable bonds is 7. The number of aromatic nitrogens is 1. The first-order valence-electron chi connectivity index (χ1n) is 11.9. The number of morpholine rings is 1. The topological polar surface area (TPSA) is 43.7 Å². The fourth-order valence-electron chi connectivity index (χ4n) is 5.20. The SMILES string of the molecule is CCOC(=O)Cn1c(C)c(Cc2ccccc2SN2CCOCC2)c2c1C(C)(C)CCC2. The summed E-state index contributed by atoms with van der Waals surface area (Å²) < 4.78 is 15.5. The van der Waals surface area contributed by atoms with E-state index >= 15 is 0 Å². The zero-order valence-corrected chi connectivity index (χ0v) is 20.7. The summed E-state index contributed by atoms with van der Waals surface area (Å²) in [7, 11) is 0. The molecule has 1 aliphatic heterocycles. The molecule has 174 valence electrons. The molecule has 0 N–H and O–H groups in total. The van der Waals surface area contributed by atoms with E-state index in [0.29, 0.717) is 13.2 Å². The molecule has 1 aromatic carbocycles. The molecule has 2 heterocycles. The van der Waals surface area contributed by atoms with E-state index in [1.807, 2.05) is 18.9 Å². The van der Waals surface area contributed by atoms with Gasteiger partial charge in [0.05, 0.1) is 19.8 Å². The van der Waals surface area contributed by atoms with Gasteiger partial charge in [-0.1, -0.05) is 32.0 Å². The van der Waals surface area contributed by atoms with E-state index in [0.717, 1.165) is 45.6 Å². The molecule has 0 spiro atoms. The quantitative estimate of drug-likeness (QED) is 0.438. The Balaban J connectivity index is 1.69. The zero-order valence-electron chi connectivity index (χ0n) is 19.9. The van der Waals surface area contributed by atoms with Gasteiger partial charge in [0, 0.05) is 41.2 Å². The summed E-state index contributed by atoms with van der Waals surface area (Å²) in [5.41, 5.74) is 6.81. The van der Waals surface area contributed by atoms with Crippen molar-refractivity contribution in [3.8, 4) is 0 Å². The summed E-state index contributed by atoms with van der Waals surface area (Å²) in [5, 5.41) is 0. The van der Waals surface area contributed by atoms with Crippen molar-refractivity contribution in [2.75, 3.05) is 32.9 Å². The number of nitrogens with zero attached hydrogens (tertiary/aromatic N) is 2. The molecule has 2 aliphatic rings. The number of esters is 1. The molecule has 5 nitrogen and oxygen atoms in total. The van der Waals surface area contributed by atoms with Gasteiger partial charge in [-0.05, 0) is 67.8 Å². The summed E-state index contributed by atoms with van der Waals surface area (Å²) in [4.78, 5) is 13.8. The lowest BCUT2D eigenvalue weighted by atomic mass is 9.75. The molecule has 1 aromatic heterocycles. The smallest absolute Gasteiger partial charge is 0.325 e. The Bertz CT molecular complexity index is 960. The van der Waals surface area contributed by atoms with E-state index in [1.54, 1.807) is 0 Å². The lowest BCUT2D eigenvalue weighted by Gasteiger charge is -2.32. The maximum Gasteiger partial charge on any atom is 0.325 e. The molecule has 32 heavy (non-hydrogen) atoms. The molecular formula is C26H36N2O3S. The fraction of sp³-hybridized carbons (Fsp3) is 0.577. The Kier molecular flexibility index (Phi) is 7.33. The predicted molar refractivity (Wildman–Crippen MR) is 129 cm³/mol. The molecule has 1 aliphatic carbocycles. The van der Waals surface area contributed by atoms with E-state index in [1.165, 1.54) is 39.4 Å². The van der Waals surface area contributed by atoms with E-state index in [9.17, 15) is 4.79 Å². The third-order valence-electron chi connectivity index (χ3n) is 6.76. The van der Waals surface area contributed by atoms with Gasteiger partial charge >= 0.3 is 5.97 Å². The van der Waals surface area contributed by atoms with Crippen molar-refractivity contribution in [1.82, 2.24) is 8.87 Å². The van der Waals surface area contributed by atoms with Gasteiger partial charge in [-0.3, -0.25) is 4.79 Å². The van der Waals surface area contributed by atoms with Crippen molar-refractivity contribution in [3.63, 3.8) is 0 Å². The molecule has 0 amide bonds. The van der Waals surface area contributed by atoms with Crippen LogP contribution in [0.25, 0.3) is 0 Å². The standard InChI is InChI=1S/C26H36N2O3S/c1-5-31-24(29)18-28-19(2)22(21-10-8-12-26(3,4)25(21)28)17-20-9-6-7-11-23(20)32-27-13-15-30-16-14-27/h6-7,9,11H,5,8,10,12-18H2,1-4H3. The second kappa shape index (κ2) is 10.0. The maximum atomic E-state index is 12.4. The molecule has 1 fully saturated rings. The van der Waals surface area contributed by atoms with E-state index in [2.05, 4.69) is 53.9 Å².